The molecule has 0 atom stereocenters. The third-order valence-corrected chi connectivity index (χ3v) is 1.50. The molecule has 1 aromatic rings. The van der Waals surface area contributed by atoms with Crippen molar-refractivity contribution in [1.82, 2.24) is 9.97 Å². The van der Waals surface area contributed by atoms with E-state index in [1.807, 2.05) is 6.92 Å². The van der Waals surface area contributed by atoms with Crippen molar-refractivity contribution in [2.24, 2.45) is 0 Å². The lowest BCUT2D eigenvalue weighted by atomic mass is 10.2. The van der Waals surface area contributed by atoms with Gasteiger partial charge in [0.05, 0.1) is 12.4 Å². The van der Waals surface area contributed by atoms with Crippen LogP contribution in [0.5, 0.6) is 5.75 Å². The summed E-state index contributed by atoms with van der Waals surface area (Å²) in [6, 6.07) is 0. The van der Waals surface area contributed by atoms with Gasteiger partial charge in [0, 0.05) is 6.61 Å². The summed E-state index contributed by atoms with van der Waals surface area (Å²) in [4.78, 5) is 7.84. The summed E-state index contributed by atoms with van der Waals surface area (Å²) in [5, 5.41) is 17.0. The molecule has 0 spiro atoms. The molecule has 0 unspecified atom stereocenters. The number of nitrogens with zero attached hydrogens (tertiary/aromatic N) is 2. The van der Waals surface area contributed by atoms with Crippen LogP contribution in [0.25, 0.3) is 0 Å². The zero-order valence-corrected chi connectivity index (χ0v) is 8.46. The Balaban J connectivity index is 2.42. The lowest BCUT2D eigenvalue weighted by molar-refractivity contribution is 0.116. The third kappa shape index (κ3) is 4.73. The molecule has 0 radical (unpaired) electrons. The summed E-state index contributed by atoms with van der Waals surface area (Å²) in [6.45, 7) is 3.02. The third-order valence-electron chi connectivity index (χ3n) is 1.50. The maximum atomic E-state index is 8.50. The first-order chi connectivity index (χ1) is 7.22. The van der Waals surface area contributed by atoms with Gasteiger partial charge in [0.1, 0.15) is 12.4 Å². The molecule has 0 saturated carbocycles. The predicted octanol–water partition coefficient (Wildman–Crippen LogP) is -0.249. The Bertz CT molecular complexity index is 280. The SMILES string of the molecule is CCCOCc1ncc(OB(O)O)cn1. The van der Waals surface area contributed by atoms with Crippen LogP contribution in [0.4, 0.5) is 0 Å². The number of aromatic nitrogens is 2. The normalized spacial score (nSPS) is 10.1. The summed E-state index contributed by atoms with van der Waals surface area (Å²) >= 11 is 0. The van der Waals surface area contributed by atoms with E-state index < -0.39 is 7.32 Å². The van der Waals surface area contributed by atoms with E-state index in [-0.39, 0.29) is 5.75 Å². The van der Waals surface area contributed by atoms with Crippen molar-refractivity contribution in [1.29, 1.82) is 0 Å². The van der Waals surface area contributed by atoms with Crippen LogP contribution in [0.3, 0.4) is 0 Å². The van der Waals surface area contributed by atoms with Gasteiger partial charge in [-0.2, -0.15) is 0 Å². The Morgan fingerprint density at radius 2 is 2.00 bits per heavy atom. The first-order valence-electron chi connectivity index (χ1n) is 4.64. The van der Waals surface area contributed by atoms with Crippen LogP contribution in [0.15, 0.2) is 12.4 Å². The van der Waals surface area contributed by atoms with Gasteiger partial charge < -0.3 is 19.4 Å². The second-order valence-electron chi connectivity index (χ2n) is 2.83. The van der Waals surface area contributed by atoms with E-state index in [4.69, 9.17) is 14.8 Å². The van der Waals surface area contributed by atoms with Crippen molar-refractivity contribution in [3.63, 3.8) is 0 Å². The summed E-state index contributed by atoms with van der Waals surface area (Å²) in [5.74, 6) is 0.729. The van der Waals surface area contributed by atoms with Gasteiger partial charge in [0.2, 0.25) is 0 Å². The molecule has 0 bridgehead atoms. The highest BCUT2D eigenvalue weighted by molar-refractivity contribution is 6.33. The van der Waals surface area contributed by atoms with Gasteiger partial charge in [-0.1, -0.05) is 6.92 Å². The molecule has 0 aromatic carbocycles. The van der Waals surface area contributed by atoms with E-state index in [0.717, 1.165) is 6.42 Å². The monoisotopic (exact) mass is 212 g/mol. The summed E-state index contributed by atoms with van der Waals surface area (Å²) < 4.78 is 9.77. The summed E-state index contributed by atoms with van der Waals surface area (Å²) in [5.41, 5.74) is 0. The minimum absolute atomic E-state index is 0.198. The molecule has 0 amide bonds. The van der Waals surface area contributed by atoms with Crippen LogP contribution in [-0.2, 0) is 11.3 Å². The quantitative estimate of drug-likeness (QED) is 0.499. The van der Waals surface area contributed by atoms with Crippen molar-refractivity contribution in [2.75, 3.05) is 6.61 Å². The van der Waals surface area contributed by atoms with Gasteiger partial charge in [-0.15, -0.1) is 0 Å². The van der Waals surface area contributed by atoms with Crippen LogP contribution >= 0.6 is 0 Å². The van der Waals surface area contributed by atoms with E-state index >= 15 is 0 Å². The van der Waals surface area contributed by atoms with E-state index in [9.17, 15) is 0 Å². The van der Waals surface area contributed by atoms with Crippen molar-refractivity contribution in [3.8, 4) is 5.75 Å². The Labute approximate surface area is 88.1 Å². The van der Waals surface area contributed by atoms with Gasteiger partial charge in [0.15, 0.2) is 5.82 Å². The van der Waals surface area contributed by atoms with E-state index in [0.29, 0.717) is 19.0 Å². The van der Waals surface area contributed by atoms with Crippen LogP contribution in [0.2, 0.25) is 0 Å². The van der Waals surface area contributed by atoms with Crippen molar-refractivity contribution < 1.29 is 19.4 Å². The lowest BCUT2D eigenvalue weighted by Gasteiger charge is -2.04. The molecule has 0 aliphatic carbocycles. The van der Waals surface area contributed by atoms with E-state index in [1.54, 1.807) is 0 Å². The minimum atomic E-state index is -1.85. The van der Waals surface area contributed by atoms with Crippen molar-refractivity contribution in [2.45, 2.75) is 20.0 Å². The molecule has 82 valence electrons. The van der Waals surface area contributed by atoms with Gasteiger partial charge in [-0.3, -0.25) is 0 Å². The summed E-state index contributed by atoms with van der Waals surface area (Å²) in [7, 11) is -1.85. The molecule has 1 rings (SSSR count). The van der Waals surface area contributed by atoms with Crippen molar-refractivity contribution >= 4 is 7.32 Å². The van der Waals surface area contributed by atoms with Crippen LogP contribution in [0.1, 0.15) is 19.2 Å². The molecule has 0 aliphatic rings. The molecule has 15 heavy (non-hydrogen) atoms. The Morgan fingerprint density at radius 1 is 1.33 bits per heavy atom. The molecular formula is C8H13BN2O4. The van der Waals surface area contributed by atoms with Crippen LogP contribution < -0.4 is 4.65 Å². The van der Waals surface area contributed by atoms with Crippen LogP contribution in [0, 0.1) is 0 Å². The molecule has 0 saturated heterocycles. The Morgan fingerprint density at radius 3 is 2.53 bits per heavy atom. The second-order valence-corrected chi connectivity index (χ2v) is 2.83. The van der Waals surface area contributed by atoms with Gasteiger partial charge in [-0.05, 0) is 6.42 Å². The number of hydrogen-bond acceptors (Lipinski definition) is 6. The molecule has 1 heterocycles. The highest BCUT2D eigenvalue weighted by atomic mass is 16.6. The zero-order chi connectivity index (χ0) is 11.1. The number of ether oxygens (including phenoxy) is 1. The van der Waals surface area contributed by atoms with Crippen LogP contribution in [-0.4, -0.2) is 33.9 Å². The highest BCUT2D eigenvalue weighted by Gasteiger charge is 2.11. The minimum Gasteiger partial charge on any atom is -0.509 e. The zero-order valence-electron chi connectivity index (χ0n) is 8.46. The standard InChI is InChI=1S/C8H13BN2O4/c1-2-3-14-6-8-10-4-7(5-11-8)15-9(12)13/h4-5,12-13H,2-3,6H2,1H3. The topological polar surface area (TPSA) is 84.7 Å². The maximum Gasteiger partial charge on any atom is 0.707 e. The Hall–Kier alpha value is -1.18. The van der Waals surface area contributed by atoms with Crippen molar-refractivity contribution in [3.05, 3.63) is 18.2 Å². The van der Waals surface area contributed by atoms with Gasteiger partial charge in [0.25, 0.3) is 0 Å². The van der Waals surface area contributed by atoms with E-state index in [2.05, 4.69) is 14.6 Å². The van der Waals surface area contributed by atoms with Gasteiger partial charge in [-0.25, -0.2) is 9.97 Å². The second kappa shape index (κ2) is 6.33. The molecule has 7 heteroatoms. The average Bonchev–Trinajstić information content (AvgIpc) is 2.20. The highest BCUT2D eigenvalue weighted by Crippen LogP contribution is 2.06. The Kier molecular flexibility index (Phi) is 5.02. The maximum absolute atomic E-state index is 8.50. The molecule has 0 aliphatic heterocycles. The molecule has 0 fully saturated rings. The number of hydrogen-bond donors (Lipinski definition) is 2. The lowest BCUT2D eigenvalue weighted by Crippen LogP contribution is -2.20. The first-order valence-corrected chi connectivity index (χ1v) is 4.64. The fraction of sp³-hybridized carbons (Fsp3) is 0.500. The molecule has 1 aromatic heterocycles. The molecular weight excluding hydrogens is 199 g/mol. The predicted molar refractivity (Wildman–Crippen MR) is 52.8 cm³/mol. The smallest absolute Gasteiger partial charge is 0.509 e. The number of rotatable bonds is 6. The fourth-order valence-electron chi connectivity index (χ4n) is 0.908. The fourth-order valence-corrected chi connectivity index (χ4v) is 0.908. The molecule has 6 nitrogen and oxygen atoms in total. The summed E-state index contributed by atoms with van der Waals surface area (Å²) in [6.07, 6.45) is 3.66. The largest absolute Gasteiger partial charge is 0.707 e. The molecule has 2 N–H and O–H groups in total. The first kappa shape index (κ1) is 11.9. The average molecular weight is 212 g/mol. The van der Waals surface area contributed by atoms with Gasteiger partial charge >= 0.3 is 7.32 Å². The van der Waals surface area contributed by atoms with E-state index in [1.165, 1.54) is 12.4 Å².